The number of aryl methyl sites for hydroxylation is 1. The summed E-state index contributed by atoms with van der Waals surface area (Å²) in [7, 11) is 1.68. The quantitative estimate of drug-likeness (QED) is 0.587. The van der Waals surface area contributed by atoms with E-state index in [0.29, 0.717) is 0 Å². The average Bonchev–Trinajstić information content (AvgIpc) is 3.29. The lowest BCUT2D eigenvalue weighted by atomic mass is 10.0. The zero-order valence-corrected chi connectivity index (χ0v) is 15.6. The van der Waals surface area contributed by atoms with E-state index >= 15 is 0 Å². The van der Waals surface area contributed by atoms with Crippen molar-refractivity contribution in [2.75, 3.05) is 7.11 Å². The number of methoxy groups -OCH3 is 1. The fourth-order valence-corrected chi connectivity index (χ4v) is 3.64. The van der Waals surface area contributed by atoms with Crippen LogP contribution in [0.15, 0.2) is 52.4 Å². The first-order valence-corrected chi connectivity index (χ1v) is 9.08. The molecule has 136 valence electrons. The molecule has 0 unspecified atom stereocenters. The summed E-state index contributed by atoms with van der Waals surface area (Å²) in [5, 5.41) is 0. The smallest absolute Gasteiger partial charge is 0.119 e. The molecule has 0 fully saturated rings. The van der Waals surface area contributed by atoms with Gasteiger partial charge in [-0.2, -0.15) is 0 Å². The van der Waals surface area contributed by atoms with Crippen molar-refractivity contribution in [3.05, 3.63) is 48.3 Å². The summed E-state index contributed by atoms with van der Waals surface area (Å²) in [5.41, 5.74) is 5.84. The monoisotopic (exact) mass is 358 g/mol. The van der Waals surface area contributed by atoms with Gasteiger partial charge in [-0.05, 0) is 44.3 Å². The third-order valence-corrected chi connectivity index (χ3v) is 4.86. The Morgan fingerprint density at radius 1 is 1.15 bits per heavy atom. The predicted octanol–water partition coefficient (Wildman–Crippen LogP) is 5.23. The molecule has 4 rings (SSSR count). The van der Waals surface area contributed by atoms with Crippen LogP contribution in [-0.4, -0.2) is 29.6 Å². The van der Waals surface area contributed by atoms with Gasteiger partial charge in [-0.15, -0.1) is 0 Å². The van der Waals surface area contributed by atoms with Crippen LogP contribution in [0.3, 0.4) is 0 Å². The molecule has 0 saturated carbocycles. The molecule has 3 aromatic rings. The number of fused-ring (bicyclic) bond motifs is 1. The topological polar surface area (TPSA) is 51.8 Å². The van der Waals surface area contributed by atoms with Crippen LogP contribution in [0.4, 0.5) is 11.4 Å². The fourth-order valence-electron chi connectivity index (χ4n) is 3.64. The standard InChI is InChI=1S/C22H22N4O/c1-4-24-19-14-16(10-11-18(19)23-2)22-21(25-20-9-6-12-26(20)22)15-7-5-8-17(13-15)27-3/h4-5,7-8,10-11,13-14H,2,6,9,12H2,1,3H3. The Bertz CT molecular complexity index is 1030. The molecule has 1 aromatic heterocycles. The molecule has 0 saturated heterocycles. The maximum absolute atomic E-state index is 5.41. The van der Waals surface area contributed by atoms with Gasteiger partial charge in [-0.1, -0.05) is 18.2 Å². The van der Waals surface area contributed by atoms with E-state index < -0.39 is 0 Å². The number of aliphatic imine (C=N–C) groups is 2. The highest BCUT2D eigenvalue weighted by molar-refractivity contribution is 5.84. The van der Waals surface area contributed by atoms with E-state index in [-0.39, 0.29) is 0 Å². The summed E-state index contributed by atoms with van der Waals surface area (Å²) in [4.78, 5) is 13.5. The molecular weight excluding hydrogens is 336 g/mol. The van der Waals surface area contributed by atoms with E-state index in [4.69, 9.17) is 9.72 Å². The van der Waals surface area contributed by atoms with Crippen molar-refractivity contribution in [2.24, 2.45) is 9.98 Å². The van der Waals surface area contributed by atoms with Gasteiger partial charge < -0.3 is 9.30 Å². The van der Waals surface area contributed by atoms with Crippen LogP contribution in [0.2, 0.25) is 0 Å². The lowest BCUT2D eigenvalue weighted by molar-refractivity contribution is 0.415. The van der Waals surface area contributed by atoms with Crippen LogP contribution < -0.4 is 4.74 Å². The van der Waals surface area contributed by atoms with E-state index in [9.17, 15) is 0 Å². The molecule has 0 aliphatic carbocycles. The lowest BCUT2D eigenvalue weighted by Crippen LogP contribution is -1.96. The number of hydrogen-bond acceptors (Lipinski definition) is 4. The average molecular weight is 358 g/mol. The van der Waals surface area contributed by atoms with Crippen molar-refractivity contribution in [1.82, 2.24) is 9.55 Å². The van der Waals surface area contributed by atoms with Crippen molar-refractivity contribution in [3.63, 3.8) is 0 Å². The van der Waals surface area contributed by atoms with Gasteiger partial charge in [-0.25, -0.2) is 4.98 Å². The Labute approximate surface area is 159 Å². The first kappa shape index (κ1) is 17.2. The van der Waals surface area contributed by atoms with E-state index in [0.717, 1.165) is 64.8 Å². The van der Waals surface area contributed by atoms with Crippen molar-refractivity contribution in [2.45, 2.75) is 26.3 Å². The minimum absolute atomic E-state index is 0.779. The van der Waals surface area contributed by atoms with Crippen molar-refractivity contribution in [1.29, 1.82) is 0 Å². The molecule has 0 spiro atoms. The number of benzene rings is 2. The third kappa shape index (κ3) is 3.05. The Balaban J connectivity index is 1.92. The molecular formula is C22H22N4O. The zero-order valence-electron chi connectivity index (χ0n) is 15.6. The minimum Gasteiger partial charge on any atom is -0.497 e. The highest BCUT2D eigenvalue weighted by atomic mass is 16.5. The number of nitrogens with zero attached hydrogens (tertiary/aromatic N) is 4. The normalized spacial score (nSPS) is 13.1. The Hall–Kier alpha value is -3.21. The van der Waals surface area contributed by atoms with Crippen LogP contribution in [0.1, 0.15) is 19.2 Å². The summed E-state index contributed by atoms with van der Waals surface area (Å²) < 4.78 is 7.73. The van der Waals surface area contributed by atoms with Gasteiger partial charge in [0, 0.05) is 30.3 Å². The van der Waals surface area contributed by atoms with Crippen molar-refractivity contribution >= 4 is 24.3 Å². The summed E-state index contributed by atoms with van der Waals surface area (Å²) in [5.74, 6) is 1.96. The van der Waals surface area contributed by atoms with Crippen LogP contribution in [0, 0.1) is 0 Å². The summed E-state index contributed by atoms with van der Waals surface area (Å²) in [6.45, 7) is 6.54. The van der Waals surface area contributed by atoms with E-state index in [1.807, 2.05) is 31.2 Å². The van der Waals surface area contributed by atoms with Gasteiger partial charge >= 0.3 is 0 Å². The highest BCUT2D eigenvalue weighted by Crippen LogP contribution is 2.39. The second kappa shape index (κ2) is 7.19. The first-order chi connectivity index (χ1) is 13.2. The predicted molar refractivity (Wildman–Crippen MR) is 111 cm³/mol. The van der Waals surface area contributed by atoms with Gasteiger partial charge in [-0.3, -0.25) is 9.98 Å². The zero-order chi connectivity index (χ0) is 18.8. The van der Waals surface area contributed by atoms with Crippen LogP contribution in [-0.2, 0) is 13.0 Å². The summed E-state index contributed by atoms with van der Waals surface area (Å²) in [6.07, 6.45) is 3.90. The molecule has 0 amide bonds. The van der Waals surface area contributed by atoms with Gasteiger partial charge in [0.05, 0.1) is 29.9 Å². The first-order valence-electron chi connectivity index (χ1n) is 9.08. The second-order valence-electron chi connectivity index (χ2n) is 6.46. The molecule has 1 aliphatic rings. The number of rotatable bonds is 5. The lowest BCUT2D eigenvalue weighted by Gasteiger charge is -2.11. The van der Waals surface area contributed by atoms with Crippen molar-refractivity contribution in [3.8, 4) is 28.3 Å². The van der Waals surface area contributed by atoms with E-state index in [2.05, 4.69) is 39.5 Å². The van der Waals surface area contributed by atoms with Crippen LogP contribution in [0.5, 0.6) is 5.75 Å². The highest BCUT2D eigenvalue weighted by Gasteiger charge is 2.23. The fraction of sp³-hybridized carbons (Fsp3) is 0.227. The molecule has 0 N–H and O–H groups in total. The van der Waals surface area contributed by atoms with Gasteiger partial charge in [0.2, 0.25) is 0 Å². The van der Waals surface area contributed by atoms with Crippen LogP contribution >= 0.6 is 0 Å². The molecule has 5 heteroatoms. The molecule has 0 bridgehead atoms. The molecule has 0 radical (unpaired) electrons. The van der Waals surface area contributed by atoms with Gasteiger partial charge in [0.15, 0.2) is 0 Å². The van der Waals surface area contributed by atoms with E-state index in [1.165, 1.54) is 0 Å². The molecule has 1 aliphatic heterocycles. The Kier molecular flexibility index (Phi) is 4.59. The molecule has 2 aromatic carbocycles. The van der Waals surface area contributed by atoms with E-state index in [1.54, 1.807) is 13.3 Å². The maximum Gasteiger partial charge on any atom is 0.119 e. The largest absolute Gasteiger partial charge is 0.497 e. The summed E-state index contributed by atoms with van der Waals surface area (Å²) >= 11 is 0. The van der Waals surface area contributed by atoms with Gasteiger partial charge in [0.25, 0.3) is 0 Å². The third-order valence-electron chi connectivity index (χ3n) is 4.86. The minimum atomic E-state index is 0.779. The van der Waals surface area contributed by atoms with Crippen molar-refractivity contribution < 1.29 is 4.74 Å². The maximum atomic E-state index is 5.41. The number of hydrogen-bond donors (Lipinski definition) is 0. The van der Waals surface area contributed by atoms with Crippen LogP contribution in [0.25, 0.3) is 22.5 Å². The number of ether oxygens (including phenoxy) is 1. The SMILES string of the molecule is C=Nc1ccc(-c2c(-c3cccc(OC)c3)nc3n2CCC3)cc1N=CC. The Morgan fingerprint density at radius 2 is 2.04 bits per heavy atom. The summed E-state index contributed by atoms with van der Waals surface area (Å²) in [6, 6.07) is 14.2. The Morgan fingerprint density at radius 3 is 2.81 bits per heavy atom. The molecule has 0 atom stereocenters. The second-order valence-corrected chi connectivity index (χ2v) is 6.46. The number of aromatic nitrogens is 2. The molecule has 2 heterocycles. The van der Waals surface area contributed by atoms with Gasteiger partial charge in [0.1, 0.15) is 11.6 Å². The number of imidazole rings is 1. The molecule has 27 heavy (non-hydrogen) atoms. The molecule has 5 nitrogen and oxygen atoms in total.